The van der Waals surface area contributed by atoms with Crippen molar-refractivity contribution in [3.8, 4) is 0 Å². The molecule has 0 aliphatic carbocycles. The van der Waals surface area contributed by atoms with Crippen molar-refractivity contribution < 1.29 is 9.53 Å². The summed E-state index contributed by atoms with van der Waals surface area (Å²) in [6.45, 7) is 7.64. The van der Waals surface area contributed by atoms with Gasteiger partial charge in [-0.05, 0) is 37.4 Å². The van der Waals surface area contributed by atoms with Gasteiger partial charge in [-0.2, -0.15) is 11.8 Å². The summed E-state index contributed by atoms with van der Waals surface area (Å²) < 4.78 is 7.67. The minimum absolute atomic E-state index is 0.0428. The van der Waals surface area contributed by atoms with Crippen LogP contribution in [0, 0.1) is 0 Å². The molecule has 0 radical (unpaired) electrons. The predicted octanol–water partition coefficient (Wildman–Crippen LogP) is 2.66. The topological polar surface area (TPSA) is 46.5 Å². The highest BCUT2D eigenvalue weighted by molar-refractivity contribution is 7.99. The molecule has 130 valence electrons. The number of fused-ring (bicyclic) bond motifs is 1. The van der Waals surface area contributed by atoms with Gasteiger partial charge in [0.15, 0.2) is 0 Å². The van der Waals surface area contributed by atoms with Crippen LogP contribution in [0.5, 0.6) is 0 Å². The number of benzene rings is 1. The number of hydrogen-bond donors (Lipinski definition) is 1. The first-order chi connectivity index (χ1) is 11.7. The average Bonchev–Trinajstić information content (AvgIpc) is 3.02. The number of hydrogen-bond acceptors (Lipinski definition) is 4. The van der Waals surface area contributed by atoms with Crippen LogP contribution in [0.3, 0.4) is 0 Å². The fourth-order valence-corrected chi connectivity index (χ4v) is 3.17. The van der Waals surface area contributed by atoms with E-state index in [0.29, 0.717) is 0 Å². The fourth-order valence-electron chi connectivity index (χ4n) is 2.90. The third kappa shape index (κ3) is 4.12. The Kier molecular flexibility index (Phi) is 5.81. The molecule has 24 heavy (non-hydrogen) atoms. The number of amides is 1. The summed E-state index contributed by atoms with van der Waals surface area (Å²) in [6.07, 6.45) is 4.07. The fraction of sp³-hybridized carbons (Fsp3) is 0.500. The SMILES string of the molecule is CS[C@@H](C)C(=O)Nc1ccc2c(ccn2CCN2CCOCC2)c1. The summed E-state index contributed by atoms with van der Waals surface area (Å²) in [5.41, 5.74) is 2.07. The Bertz CT molecular complexity index is 695. The molecule has 3 rings (SSSR count). The number of nitrogens with zero attached hydrogens (tertiary/aromatic N) is 2. The highest BCUT2D eigenvalue weighted by Crippen LogP contribution is 2.21. The van der Waals surface area contributed by atoms with E-state index in [-0.39, 0.29) is 11.2 Å². The van der Waals surface area contributed by atoms with Gasteiger partial charge in [-0.1, -0.05) is 0 Å². The lowest BCUT2D eigenvalue weighted by Gasteiger charge is -2.26. The Labute approximate surface area is 147 Å². The summed E-state index contributed by atoms with van der Waals surface area (Å²) in [4.78, 5) is 14.4. The lowest BCUT2D eigenvalue weighted by atomic mass is 10.2. The van der Waals surface area contributed by atoms with Crippen molar-refractivity contribution in [2.24, 2.45) is 0 Å². The number of morpholine rings is 1. The number of carbonyl (C=O) groups is 1. The Morgan fingerprint density at radius 2 is 2.08 bits per heavy atom. The molecule has 2 heterocycles. The van der Waals surface area contributed by atoms with Crippen molar-refractivity contribution in [2.45, 2.75) is 18.7 Å². The summed E-state index contributed by atoms with van der Waals surface area (Å²) in [6, 6.07) is 8.24. The van der Waals surface area contributed by atoms with E-state index in [1.54, 1.807) is 11.8 Å². The van der Waals surface area contributed by atoms with Crippen LogP contribution in [-0.2, 0) is 16.1 Å². The number of anilines is 1. The summed E-state index contributed by atoms with van der Waals surface area (Å²) in [5.74, 6) is 0.0496. The molecule has 1 aliphatic heterocycles. The van der Waals surface area contributed by atoms with E-state index in [9.17, 15) is 4.79 Å². The van der Waals surface area contributed by atoms with Crippen molar-refractivity contribution in [1.82, 2.24) is 9.47 Å². The first-order valence-electron chi connectivity index (χ1n) is 8.40. The molecule has 0 unspecified atom stereocenters. The molecule has 1 aromatic carbocycles. The van der Waals surface area contributed by atoms with Crippen LogP contribution in [0.15, 0.2) is 30.5 Å². The molecule has 0 bridgehead atoms. The normalized spacial score (nSPS) is 17.1. The summed E-state index contributed by atoms with van der Waals surface area (Å²) >= 11 is 1.55. The minimum Gasteiger partial charge on any atom is -0.379 e. The zero-order valence-corrected chi connectivity index (χ0v) is 15.1. The monoisotopic (exact) mass is 347 g/mol. The van der Waals surface area contributed by atoms with Gasteiger partial charge in [0.25, 0.3) is 0 Å². The van der Waals surface area contributed by atoms with Crippen LogP contribution in [0.1, 0.15) is 6.92 Å². The molecule has 2 aromatic rings. The molecule has 0 spiro atoms. The minimum atomic E-state index is -0.0428. The van der Waals surface area contributed by atoms with E-state index in [1.165, 1.54) is 5.52 Å². The molecule has 1 saturated heterocycles. The number of ether oxygens (including phenoxy) is 1. The van der Waals surface area contributed by atoms with Gasteiger partial charge in [0, 0.05) is 49.0 Å². The molecule has 1 atom stereocenters. The maximum absolute atomic E-state index is 12.0. The van der Waals surface area contributed by atoms with Crippen LogP contribution < -0.4 is 5.32 Å². The van der Waals surface area contributed by atoms with Crippen molar-refractivity contribution in [3.63, 3.8) is 0 Å². The quantitative estimate of drug-likeness (QED) is 0.873. The van der Waals surface area contributed by atoms with Gasteiger partial charge < -0.3 is 14.6 Å². The lowest BCUT2D eigenvalue weighted by molar-refractivity contribution is -0.115. The third-order valence-electron chi connectivity index (χ3n) is 4.52. The molecule has 6 heteroatoms. The Hall–Kier alpha value is -1.50. The van der Waals surface area contributed by atoms with E-state index in [1.807, 2.05) is 25.3 Å². The molecule has 1 amide bonds. The number of aromatic nitrogens is 1. The van der Waals surface area contributed by atoms with Gasteiger partial charge >= 0.3 is 0 Å². The van der Waals surface area contributed by atoms with Gasteiger partial charge in [-0.3, -0.25) is 9.69 Å². The second-order valence-electron chi connectivity index (χ2n) is 6.10. The van der Waals surface area contributed by atoms with E-state index in [4.69, 9.17) is 4.74 Å². The van der Waals surface area contributed by atoms with Gasteiger partial charge in [0.1, 0.15) is 0 Å². The smallest absolute Gasteiger partial charge is 0.237 e. The van der Waals surface area contributed by atoms with Gasteiger partial charge in [-0.15, -0.1) is 0 Å². The van der Waals surface area contributed by atoms with Crippen molar-refractivity contribution in [1.29, 1.82) is 0 Å². The molecule has 1 aliphatic rings. The van der Waals surface area contributed by atoms with E-state index in [0.717, 1.165) is 50.5 Å². The molecule has 1 aromatic heterocycles. The maximum Gasteiger partial charge on any atom is 0.237 e. The van der Waals surface area contributed by atoms with E-state index in [2.05, 4.69) is 33.1 Å². The van der Waals surface area contributed by atoms with Gasteiger partial charge in [0.2, 0.25) is 5.91 Å². The molecule has 1 N–H and O–H groups in total. The summed E-state index contributed by atoms with van der Waals surface area (Å²) in [5, 5.41) is 4.10. The van der Waals surface area contributed by atoms with Crippen LogP contribution >= 0.6 is 11.8 Å². The molecular formula is C18H25N3O2S. The largest absolute Gasteiger partial charge is 0.379 e. The van der Waals surface area contributed by atoms with Gasteiger partial charge in [-0.25, -0.2) is 0 Å². The molecule has 5 nitrogen and oxygen atoms in total. The van der Waals surface area contributed by atoms with Crippen LogP contribution in [0.4, 0.5) is 5.69 Å². The zero-order chi connectivity index (χ0) is 16.9. The standard InChI is InChI=1S/C18H25N3O2S/c1-14(24-2)18(22)19-16-3-4-17-15(13-16)5-6-21(17)8-7-20-9-11-23-12-10-20/h3-6,13-14H,7-12H2,1-2H3,(H,19,22)/t14-/m0/s1. The highest BCUT2D eigenvalue weighted by Gasteiger charge is 2.13. The predicted molar refractivity (Wildman–Crippen MR) is 101 cm³/mol. The number of rotatable bonds is 6. The number of nitrogens with one attached hydrogen (secondary N) is 1. The highest BCUT2D eigenvalue weighted by atomic mass is 32.2. The van der Waals surface area contributed by atoms with Crippen molar-refractivity contribution >= 4 is 34.3 Å². The molecule has 0 saturated carbocycles. The number of thioether (sulfide) groups is 1. The molecule has 1 fully saturated rings. The van der Waals surface area contributed by atoms with Crippen LogP contribution in [-0.4, -0.2) is 59.7 Å². The first-order valence-corrected chi connectivity index (χ1v) is 9.69. The van der Waals surface area contributed by atoms with Crippen LogP contribution in [0.2, 0.25) is 0 Å². The second-order valence-corrected chi connectivity index (χ2v) is 7.28. The van der Waals surface area contributed by atoms with E-state index < -0.39 is 0 Å². The van der Waals surface area contributed by atoms with Crippen LogP contribution in [0.25, 0.3) is 10.9 Å². The third-order valence-corrected chi connectivity index (χ3v) is 5.44. The molecular weight excluding hydrogens is 322 g/mol. The maximum atomic E-state index is 12.0. The lowest BCUT2D eigenvalue weighted by Crippen LogP contribution is -2.38. The van der Waals surface area contributed by atoms with Crippen molar-refractivity contribution in [2.75, 3.05) is 44.4 Å². The Morgan fingerprint density at radius 1 is 1.29 bits per heavy atom. The zero-order valence-electron chi connectivity index (χ0n) is 14.3. The van der Waals surface area contributed by atoms with E-state index >= 15 is 0 Å². The number of carbonyl (C=O) groups excluding carboxylic acids is 1. The average molecular weight is 347 g/mol. The van der Waals surface area contributed by atoms with Crippen molar-refractivity contribution in [3.05, 3.63) is 30.5 Å². The second kappa shape index (κ2) is 8.05. The first kappa shape index (κ1) is 17.3. The Morgan fingerprint density at radius 3 is 2.83 bits per heavy atom. The Balaban J connectivity index is 1.65. The summed E-state index contributed by atoms with van der Waals surface area (Å²) in [7, 11) is 0. The van der Waals surface area contributed by atoms with Gasteiger partial charge in [0.05, 0.1) is 18.5 Å².